The lowest BCUT2D eigenvalue weighted by Crippen LogP contribution is -2.29. The molecule has 1 aliphatic rings. The van der Waals surface area contributed by atoms with E-state index in [9.17, 15) is 4.79 Å². The van der Waals surface area contributed by atoms with Crippen molar-refractivity contribution in [3.63, 3.8) is 0 Å². The number of hydrogen-bond acceptors (Lipinski definition) is 3. The number of nitrogens with two attached hydrogens (primary N) is 2. The van der Waals surface area contributed by atoms with Gasteiger partial charge in [-0.15, -0.1) is 0 Å². The maximum Gasteiger partial charge on any atom is 0.250 e. The smallest absolute Gasteiger partial charge is 0.250 e. The van der Waals surface area contributed by atoms with Crippen LogP contribution < -0.4 is 16.4 Å². The summed E-state index contributed by atoms with van der Waals surface area (Å²) < 4.78 is 0.936. The highest BCUT2D eigenvalue weighted by atomic mass is 79.9. The number of benzene rings is 1. The lowest BCUT2D eigenvalue weighted by molar-refractivity contribution is 0.100. The molecule has 0 radical (unpaired) electrons. The van der Waals surface area contributed by atoms with Crippen LogP contribution in [0.25, 0.3) is 0 Å². The van der Waals surface area contributed by atoms with Crippen LogP contribution >= 0.6 is 15.9 Å². The maximum atomic E-state index is 11.4. The molecule has 2 atom stereocenters. The number of carbonyl (C=O) groups is 1. The standard InChI is InChI=1S/C12H16BrN3O/c1-7-5-16(6-10(7)14)11-4-8(13)2-3-9(11)12(15)17/h2-4,7,10H,5-6,14H2,1H3,(H2,15,17). The molecule has 2 unspecified atom stereocenters. The van der Waals surface area contributed by atoms with Gasteiger partial charge in [0.15, 0.2) is 0 Å². The zero-order valence-electron chi connectivity index (χ0n) is 9.69. The SMILES string of the molecule is CC1CN(c2cc(Br)ccc2C(N)=O)CC1N. The molecular weight excluding hydrogens is 282 g/mol. The van der Waals surface area contributed by atoms with Crippen LogP contribution in [-0.2, 0) is 0 Å². The molecule has 1 aromatic carbocycles. The Hall–Kier alpha value is -1.07. The fourth-order valence-electron chi connectivity index (χ4n) is 2.16. The summed E-state index contributed by atoms with van der Waals surface area (Å²) in [6.07, 6.45) is 0. The van der Waals surface area contributed by atoms with Crippen LogP contribution in [0.5, 0.6) is 0 Å². The van der Waals surface area contributed by atoms with E-state index in [4.69, 9.17) is 11.5 Å². The fourth-order valence-corrected chi connectivity index (χ4v) is 2.51. The van der Waals surface area contributed by atoms with Gasteiger partial charge in [0.05, 0.1) is 11.3 Å². The van der Waals surface area contributed by atoms with E-state index < -0.39 is 5.91 Å². The predicted octanol–water partition coefficient (Wildman–Crippen LogP) is 1.33. The van der Waals surface area contributed by atoms with Gasteiger partial charge < -0.3 is 16.4 Å². The number of amides is 1. The second-order valence-electron chi connectivity index (χ2n) is 4.57. The Morgan fingerprint density at radius 2 is 2.18 bits per heavy atom. The summed E-state index contributed by atoms with van der Waals surface area (Å²) in [4.78, 5) is 13.5. The third kappa shape index (κ3) is 2.45. The summed E-state index contributed by atoms with van der Waals surface area (Å²) in [6.45, 7) is 3.74. The maximum absolute atomic E-state index is 11.4. The Balaban J connectivity index is 2.37. The first-order valence-corrected chi connectivity index (χ1v) is 6.38. The second-order valence-corrected chi connectivity index (χ2v) is 5.49. The van der Waals surface area contributed by atoms with Crippen molar-refractivity contribution in [1.82, 2.24) is 0 Å². The van der Waals surface area contributed by atoms with Gasteiger partial charge in [-0.05, 0) is 24.1 Å². The van der Waals surface area contributed by atoms with Crippen LogP contribution in [0.3, 0.4) is 0 Å². The fraction of sp³-hybridized carbons (Fsp3) is 0.417. The normalized spacial score (nSPS) is 24.1. The molecule has 1 aliphatic heterocycles. The van der Waals surface area contributed by atoms with E-state index in [0.29, 0.717) is 11.5 Å². The number of carbonyl (C=O) groups excluding carboxylic acids is 1. The van der Waals surface area contributed by atoms with E-state index in [-0.39, 0.29) is 6.04 Å². The van der Waals surface area contributed by atoms with Crippen molar-refractivity contribution in [1.29, 1.82) is 0 Å². The van der Waals surface area contributed by atoms with Crippen LogP contribution in [0.15, 0.2) is 22.7 Å². The lowest BCUT2D eigenvalue weighted by Gasteiger charge is -2.21. The molecule has 0 saturated carbocycles. The van der Waals surface area contributed by atoms with Gasteiger partial charge in [-0.25, -0.2) is 0 Å². The van der Waals surface area contributed by atoms with Crippen LogP contribution in [0.4, 0.5) is 5.69 Å². The van der Waals surface area contributed by atoms with E-state index in [2.05, 4.69) is 27.8 Å². The summed E-state index contributed by atoms with van der Waals surface area (Å²) in [6, 6.07) is 5.64. The Kier molecular flexibility index (Phi) is 3.40. The van der Waals surface area contributed by atoms with Gasteiger partial charge in [-0.2, -0.15) is 0 Å². The number of rotatable bonds is 2. The summed E-state index contributed by atoms with van der Waals surface area (Å²) in [5.74, 6) is 0.0235. The number of nitrogens with zero attached hydrogens (tertiary/aromatic N) is 1. The van der Waals surface area contributed by atoms with Gasteiger partial charge in [0.1, 0.15) is 0 Å². The van der Waals surface area contributed by atoms with Crippen LogP contribution in [-0.4, -0.2) is 25.0 Å². The number of primary amides is 1. The molecule has 0 aliphatic carbocycles. The minimum atomic E-state index is -0.402. The second kappa shape index (κ2) is 4.66. The molecule has 5 heteroatoms. The van der Waals surface area contributed by atoms with Crippen molar-refractivity contribution in [2.75, 3.05) is 18.0 Å². The van der Waals surface area contributed by atoms with Gasteiger partial charge >= 0.3 is 0 Å². The molecule has 17 heavy (non-hydrogen) atoms. The van der Waals surface area contributed by atoms with E-state index in [0.717, 1.165) is 23.2 Å². The van der Waals surface area contributed by atoms with E-state index in [1.54, 1.807) is 6.07 Å². The molecule has 1 aromatic rings. The average Bonchev–Trinajstić information content (AvgIpc) is 2.58. The predicted molar refractivity (Wildman–Crippen MR) is 72.0 cm³/mol. The average molecular weight is 298 g/mol. The Morgan fingerprint density at radius 3 is 2.71 bits per heavy atom. The molecule has 0 bridgehead atoms. The Bertz CT molecular complexity index is 439. The number of hydrogen-bond donors (Lipinski definition) is 2. The highest BCUT2D eigenvalue weighted by Gasteiger charge is 2.28. The van der Waals surface area contributed by atoms with Gasteiger partial charge in [0, 0.05) is 23.6 Å². The molecule has 1 saturated heterocycles. The zero-order valence-corrected chi connectivity index (χ0v) is 11.3. The third-order valence-corrected chi connectivity index (χ3v) is 3.73. The lowest BCUT2D eigenvalue weighted by atomic mass is 10.1. The first-order valence-electron chi connectivity index (χ1n) is 5.59. The molecule has 1 fully saturated rings. The first-order chi connectivity index (χ1) is 7.99. The highest BCUT2D eigenvalue weighted by Crippen LogP contribution is 2.29. The minimum absolute atomic E-state index is 0.148. The Morgan fingerprint density at radius 1 is 1.47 bits per heavy atom. The van der Waals surface area contributed by atoms with Crippen molar-refractivity contribution in [3.05, 3.63) is 28.2 Å². The molecule has 1 heterocycles. The largest absolute Gasteiger partial charge is 0.369 e. The number of anilines is 1. The minimum Gasteiger partial charge on any atom is -0.369 e. The summed E-state index contributed by atoms with van der Waals surface area (Å²) >= 11 is 3.41. The molecular formula is C12H16BrN3O. The topological polar surface area (TPSA) is 72.3 Å². The molecule has 4 nitrogen and oxygen atoms in total. The molecule has 0 spiro atoms. The summed E-state index contributed by atoms with van der Waals surface area (Å²) in [5, 5.41) is 0. The van der Waals surface area contributed by atoms with Crippen molar-refractivity contribution in [2.45, 2.75) is 13.0 Å². The van der Waals surface area contributed by atoms with Gasteiger partial charge in [0.2, 0.25) is 0 Å². The summed E-state index contributed by atoms with van der Waals surface area (Å²) in [5.41, 5.74) is 12.8. The van der Waals surface area contributed by atoms with Crippen molar-refractivity contribution >= 4 is 27.5 Å². The van der Waals surface area contributed by atoms with Crippen molar-refractivity contribution in [3.8, 4) is 0 Å². The molecule has 1 amide bonds. The van der Waals surface area contributed by atoms with Gasteiger partial charge in [-0.3, -0.25) is 4.79 Å². The first kappa shape index (κ1) is 12.4. The van der Waals surface area contributed by atoms with E-state index >= 15 is 0 Å². The molecule has 2 rings (SSSR count). The van der Waals surface area contributed by atoms with E-state index in [1.807, 2.05) is 12.1 Å². The van der Waals surface area contributed by atoms with Crippen molar-refractivity contribution in [2.24, 2.45) is 17.4 Å². The van der Waals surface area contributed by atoms with Crippen LogP contribution in [0.1, 0.15) is 17.3 Å². The highest BCUT2D eigenvalue weighted by molar-refractivity contribution is 9.10. The molecule has 4 N–H and O–H groups in total. The van der Waals surface area contributed by atoms with Gasteiger partial charge in [0.25, 0.3) is 5.91 Å². The third-order valence-electron chi connectivity index (χ3n) is 3.24. The monoisotopic (exact) mass is 297 g/mol. The summed E-state index contributed by atoms with van der Waals surface area (Å²) in [7, 11) is 0. The van der Waals surface area contributed by atoms with Gasteiger partial charge in [-0.1, -0.05) is 22.9 Å². The van der Waals surface area contributed by atoms with Crippen LogP contribution in [0, 0.1) is 5.92 Å². The quantitative estimate of drug-likeness (QED) is 0.865. The molecule has 92 valence electrons. The number of halogens is 1. The Labute approximate surface area is 109 Å². The van der Waals surface area contributed by atoms with E-state index in [1.165, 1.54) is 0 Å². The van der Waals surface area contributed by atoms with Crippen LogP contribution in [0.2, 0.25) is 0 Å². The van der Waals surface area contributed by atoms with Crippen molar-refractivity contribution < 1.29 is 4.79 Å². The molecule has 0 aromatic heterocycles. The zero-order chi connectivity index (χ0) is 12.6.